The zero-order chi connectivity index (χ0) is 19.2. The van der Waals surface area contributed by atoms with Crippen LogP contribution < -0.4 is 4.74 Å². The normalized spacial score (nSPS) is 11.7. The Bertz CT molecular complexity index is 900. The summed E-state index contributed by atoms with van der Waals surface area (Å²) in [6.45, 7) is 4.36. The minimum absolute atomic E-state index is 0.0955. The number of amides is 1. The van der Waals surface area contributed by atoms with Crippen LogP contribution in [0.4, 0.5) is 0 Å². The van der Waals surface area contributed by atoms with Crippen molar-refractivity contribution in [1.82, 2.24) is 25.1 Å². The lowest BCUT2D eigenvalue weighted by Gasteiger charge is -2.24. The molecule has 2 heterocycles. The second kappa shape index (κ2) is 8.35. The van der Waals surface area contributed by atoms with Crippen molar-refractivity contribution in [3.05, 3.63) is 66.2 Å². The summed E-state index contributed by atoms with van der Waals surface area (Å²) in [5.74, 6) is 0.383. The molecule has 7 heteroatoms. The lowest BCUT2D eigenvalue weighted by atomic mass is 10.1. The average molecular weight is 363 g/mol. The van der Waals surface area contributed by atoms with Crippen molar-refractivity contribution in [2.75, 3.05) is 13.7 Å². The summed E-state index contributed by atoms with van der Waals surface area (Å²) in [6, 6.07) is 12.6. The van der Waals surface area contributed by atoms with Gasteiger partial charge in [-0.1, -0.05) is 12.1 Å². The summed E-state index contributed by atoms with van der Waals surface area (Å²) in [5.41, 5.74) is 2.86. The summed E-state index contributed by atoms with van der Waals surface area (Å²) < 4.78 is 5.31. The third-order valence-corrected chi connectivity index (χ3v) is 4.27. The molecule has 0 aliphatic heterocycles. The molecule has 1 amide bonds. The van der Waals surface area contributed by atoms with Crippen LogP contribution in [-0.2, 0) is 0 Å². The Morgan fingerprint density at radius 1 is 1.19 bits per heavy atom. The van der Waals surface area contributed by atoms with Gasteiger partial charge in [0.25, 0.3) is 5.91 Å². The quantitative estimate of drug-likeness (QED) is 0.669. The Labute approximate surface area is 158 Å². The first kappa shape index (κ1) is 18.4. The number of hydrogen-bond donors (Lipinski definition) is 0. The molecule has 0 fully saturated rings. The molecule has 1 aromatic carbocycles. The molecule has 138 valence electrons. The molecule has 0 aliphatic carbocycles. The number of carbonyl (C=O) groups is 1. The van der Waals surface area contributed by atoms with E-state index in [9.17, 15) is 4.79 Å². The van der Waals surface area contributed by atoms with Crippen LogP contribution in [0.3, 0.4) is 0 Å². The molecule has 0 radical (unpaired) electrons. The molecule has 0 unspecified atom stereocenters. The number of nitrogens with zero attached hydrogens (tertiary/aromatic N) is 5. The molecule has 3 aromatic rings. The number of ether oxygens (including phenoxy) is 1. The number of benzene rings is 1. The second-order valence-corrected chi connectivity index (χ2v) is 6.00. The van der Waals surface area contributed by atoms with E-state index in [0.717, 1.165) is 11.3 Å². The lowest BCUT2D eigenvalue weighted by Crippen LogP contribution is -2.30. The van der Waals surface area contributed by atoms with Crippen LogP contribution in [0.2, 0.25) is 0 Å². The Kier molecular flexibility index (Phi) is 5.71. The predicted octanol–water partition coefficient (Wildman–Crippen LogP) is 3.17. The molecule has 7 nitrogen and oxygen atoms in total. The molecule has 0 saturated heterocycles. The zero-order valence-corrected chi connectivity index (χ0v) is 15.5. The molecule has 0 bridgehead atoms. The second-order valence-electron chi connectivity index (χ2n) is 6.00. The third-order valence-electron chi connectivity index (χ3n) is 4.27. The van der Waals surface area contributed by atoms with E-state index in [1.807, 2.05) is 38.1 Å². The summed E-state index contributed by atoms with van der Waals surface area (Å²) in [7, 11) is 1.76. The maximum absolute atomic E-state index is 12.9. The van der Waals surface area contributed by atoms with E-state index < -0.39 is 0 Å². The number of rotatable bonds is 6. The molecular weight excluding hydrogens is 342 g/mol. The zero-order valence-electron chi connectivity index (χ0n) is 15.5. The van der Waals surface area contributed by atoms with Gasteiger partial charge in [0, 0.05) is 30.4 Å². The van der Waals surface area contributed by atoms with Crippen LogP contribution in [0.1, 0.15) is 35.9 Å². The number of hydrogen-bond acceptors (Lipinski definition) is 6. The molecule has 1 atom stereocenters. The van der Waals surface area contributed by atoms with Gasteiger partial charge in [-0.05, 0) is 38.1 Å². The molecule has 0 N–H and O–H groups in total. The van der Waals surface area contributed by atoms with Crippen molar-refractivity contribution < 1.29 is 9.53 Å². The SMILES string of the molecule is CCOc1ccc(-c2cccc(C(=O)N(C)[C@@H](C)c3ccncn3)c2)nn1. The molecule has 0 spiro atoms. The van der Waals surface area contributed by atoms with E-state index in [0.29, 0.717) is 23.7 Å². The Morgan fingerprint density at radius 3 is 2.70 bits per heavy atom. The van der Waals surface area contributed by atoms with E-state index in [1.54, 1.807) is 36.3 Å². The highest BCUT2D eigenvalue weighted by atomic mass is 16.5. The van der Waals surface area contributed by atoms with Gasteiger partial charge in [-0.15, -0.1) is 10.2 Å². The predicted molar refractivity (Wildman–Crippen MR) is 101 cm³/mol. The van der Waals surface area contributed by atoms with Crippen molar-refractivity contribution in [3.63, 3.8) is 0 Å². The van der Waals surface area contributed by atoms with E-state index in [-0.39, 0.29) is 11.9 Å². The van der Waals surface area contributed by atoms with Crippen LogP contribution >= 0.6 is 0 Å². The van der Waals surface area contributed by atoms with Gasteiger partial charge in [-0.2, -0.15) is 0 Å². The Balaban J connectivity index is 1.81. The van der Waals surface area contributed by atoms with Crippen LogP contribution in [0, 0.1) is 0 Å². The van der Waals surface area contributed by atoms with Gasteiger partial charge in [0.1, 0.15) is 6.33 Å². The van der Waals surface area contributed by atoms with Gasteiger partial charge in [0.2, 0.25) is 5.88 Å². The maximum Gasteiger partial charge on any atom is 0.254 e. The highest BCUT2D eigenvalue weighted by molar-refractivity contribution is 5.95. The fourth-order valence-corrected chi connectivity index (χ4v) is 2.64. The first-order chi connectivity index (χ1) is 13.1. The minimum atomic E-state index is -0.172. The summed E-state index contributed by atoms with van der Waals surface area (Å²) >= 11 is 0. The molecule has 27 heavy (non-hydrogen) atoms. The maximum atomic E-state index is 12.9. The average Bonchev–Trinajstić information content (AvgIpc) is 2.73. The summed E-state index contributed by atoms with van der Waals surface area (Å²) in [6.07, 6.45) is 3.15. The first-order valence-corrected chi connectivity index (χ1v) is 8.70. The molecular formula is C20H21N5O2. The van der Waals surface area contributed by atoms with Crippen LogP contribution in [0.5, 0.6) is 5.88 Å². The van der Waals surface area contributed by atoms with Gasteiger partial charge < -0.3 is 9.64 Å². The summed E-state index contributed by atoms with van der Waals surface area (Å²) in [4.78, 5) is 22.7. The van der Waals surface area contributed by atoms with Gasteiger partial charge >= 0.3 is 0 Å². The van der Waals surface area contributed by atoms with E-state index in [1.165, 1.54) is 6.33 Å². The van der Waals surface area contributed by atoms with Gasteiger partial charge in [-0.3, -0.25) is 4.79 Å². The molecule has 0 aliphatic rings. The van der Waals surface area contributed by atoms with Crippen molar-refractivity contribution in [3.8, 4) is 17.1 Å². The topological polar surface area (TPSA) is 81.1 Å². The highest BCUT2D eigenvalue weighted by Gasteiger charge is 2.20. The number of carbonyl (C=O) groups excluding carboxylic acids is 1. The van der Waals surface area contributed by atoms with Crippen LogP contribution in [0.25, 0.3) is 11.3 Å². The molecule has 3 rings (SSSR count). The largest absolute Gasteiger partial charge is 0.477 e. The standard InChI is InChI=1S/C20H21N5O2/c1-4-27-19-9-8-18(23-24-19)15-6-5-7-16(12-15)20(26)25(3)14(2)17-10-11-21-13-22-17/h5-14H,4H2,1-3H3/t14-/m0/s1. The van der Waals surface area contributed by atoms with E-state index in [2.05, 4.69) is 20.2 Å². The minimum Gasteiger partial charge on any atom is -0.477 e. The summed E-state index contributed by atoms with van der Waals surface area (Å²) in [5, 5.41) is 8.22. The first-order valence-electron chi connectivity index (χ1n) is 8.70. The highest BCUT2D eigenvalue weighted by Crippen LogP contribution is 2.22. The molecule has 2 aromatic heterocycles. The fraction of sp³-hybridized carbons (Fsp3) is 0.250. The van der Waals surface area contributed by atoms with Crippen molar-refractivity contribution >= 4 is 5.91 Å². The monoisotopic (exact) mass is 363 g/mol. The van der Waals surface area contributed by atoms with Gasteiger partial charge in [0.05, 0.1) is 24.0 Å². The van der Waals surface area contributed by atoms with Crippen molar-refractivity contribution in [2.45, 2.75) is 19.9 Å². The van der Waals surface area contributed by atoms with Crippen molar-refractivity contribution in [1.29, 1.82) is 0 Å². The third kappa shape index (κ3) is 4.25. The number of aromatic nitrogens is 4. The van der Waals surface area contributed by atoms with E-state index in [4.69, 9.17) is 4.74 Å². The fourth-order valence-electron chi connectivity index (χ4n) is 2.64. The van der Waals surface area contributed by atoms with E-state index >= 15 is 0 Å². The van der Waals surface area contributed by atoms with Crippen LogP contribution in [0.15, 0.2) is 55.0 Å². The van der Waals surface area contributed by atoms with Gasteiger partial charge in [-0.25, -0.2) is 9.97 Å². The lowest BCUT2D eigenvalue weighted by molar-refractivity contribution is 0.0739. The Hall–Kier alpha value is -3.35. The Morgan fingerprint density at radius 2 is 2.04 bits per heavy atom. The smallest absolute Gasteiger partial charge is 0.254 e. The van der Waals surface area contributed by atoms with Crippen molar-refractivity contribution in [2.24, 2.45) is 0 Å². The molecule has 0 saturated carbocycles. The van der Waals surface area contributed by atoms with Gasteiger partial charge in [0.15, 0.2) is 0 Å². The van der Waals surface area contributed by atoms with Crippen LogP contribution in [-0.4, -0.2) is 44.6 Å².